The molecule has 13 heteroatoms. The number of hydrogen-bond acceptors (Lipinski definition) is 8. The van der Waals surface area contributed by atoms with E-state index in [1.165, 1.54) is 6.20 Å². The number of halogens is 3. The van der Waals surface area contributed by atoms with Crippen LogP contribution >= 0.6 is 11.8 Å². The molecule has 1 aromatic heterocycles. The lowest BCUT2D eigenvalue weighted by atomic mass is 9.90. The van der Waals surface area contributed by atoms with Gasteiger partial charge in [-0.3, -0.25) is 14.5 Å². The van der Waals surface area contributed by atoms with Crippen molar-refractivity contribution < 1.29 is 22.7 Å². The molecule has 204 valence electrons. The van der Waals surface area contributed by atoms with Gasteiger partial charge < -0.3 is 20.3 Å². The van der Waals surface area contributed by atoms with Crippen molar-refractivity contribution in [2.24, 2.45) is 0 Å². The Morgan fingerprint density at radius 1 is 1.34 bits per heavy atom. The van der Waals surface area contributed by atoms with E-state index < -0.39 is 11.6 Å². The maximum Gasteiger partial charge on any atom is 0.446 e. The monoisotopic (exact) mass is 549 g/mol. The van der Waals surface area contributed by atoms with Gasteiger partial charge in [-0.2, -0.15) is 18.3 Å². The Labute approximate surface area is 223 Å². The molecular formula is C25H30F3N7O2S. The van der Waals surface area contributed by atoms with Gasteiger partial charge >= 0.3 is 5.51 Å². The van der Waals surface area contributed by atoms with Crippen LogP contribution in [0.15, 0.2) is 47.0 Å². The number of alkyl halides is 3. The van der Waals surface area contributed by atoms with Crippen LogP contribution in [0.3, 0.4) is 0 Å². The minimum atomic E-state index is -4.47. The minimum absolute atomic E-state index is 0.0175. The van der Waals surface area contributed by atoms with Crippen LogP contribution in [-0.2, 0) is 4.74 Å². The standard InChI is InChI=1S/C25H30F3N7O2S/c1-24(8-11-33(2)12-9-24)31-21-7-3-6-20-22(38-25(26,27)28)19(32-35(20)21)5-4-10-29-23(36)17-13-30-34(14-17)18-15-37-16-18/h3,6-7,13-14,18-19,31-32H,8-12,15-16H2,1-2H3,(H,29,36). The lowest BCUT2D eigenvalue weighted by molar-refractivity contribution is -0.0322. The third kappa shape index (κ3) is 6.04. The molecule has 1 amide bonds. The zero-order valence-corrected chi connectivity index (χ0v) is 22.0. The van der Waals surface area contributed by atoms with Crippen molar-refractivity contribution in [3.05, 3.63) is 52.6 Å². The number of amides is 1. The first kappa shape index (κ1) is 26.7. The second-order valence-corrected chi connectivity index (χ2v) is 11.1. The third-order valence-electron chi connectivity index (χ3n) is 6.95. The van der Waals surface area contributed by atoms with Gasteiger partial charge in [-0.25, -0.2) is 5.43 Å². The highest BCUT2D eigenvalue weighted by molar-refractivity contribution is 8.04. The number of allylic oxidation sites excluding steroid dienone is 3. The lowest BCUT2D eigenvalue weighted by Gasteiger charge is -2.42. The van der Waals surface area contributed by atoms with Crippen molar-refractivity contribution in [1.82, 2.24) is 35.7 Å². The summed E-state index contributed by atoms with van der Waals surface area (Å²) in [4.78, 5) is 14.8. The van der Waals surface area contributed by atoms with Crippen LogP contribution < -0.4 is 16.1 Å². The Bertz CT molecular complexity index is 1220. The summed E-state index contributed by atoms with van der Waals surface area (Å²) in [5.74, 6) is 6.01. The molecule has 5 rings (SSSR count). The van der Waals surface area contributed by atoms with E-state index in [2.05, 4.69) is 51.9 Å². The molecule has 3 N–H and O–H groups in total. The number of nitrogens with one attached hydrogen (secondary N) is 3. The Morgan fingerprint density at radius 2 is 2.11 bits per heavy atom. The van der Waals surface area contributed by atoms with E-state index in [9.17, 15) is 18.0 Å². The summed E-state index contributed by atoms with van der Waals surface area (Å²) in [5, 5.41) is 12.1. The van der Waals surface area contributed by atoms with Gasteiger partial charge in [0, 0.05) is 29.7 Å². The molecule has 0 aromatic carbocycles. The smallest absolute Gasteiger partial charge is 0.377 e. The van der Waals surface area contributed by atoms with Gasteiger partial charge in [0.05, 0.1) is 43.3 Å². The Kier molecular flexibility index (Phi) is 7.50. The first-order valence-electron chi connectivity index (χ1n) is 12.4. The largest absolute Gasteiger partial charge is 0.446 e. The van der Waals surface area contributed by atoms with Crippen molar-refractivity contribution in [1.29, 1.82) is 0 Å². The molecule has 4 aliphatic rings. The van der Waals surface area contributed by atoms with Gasteiger partial charge in [0.2, 0.25) is 0 Å². The highest BCUT2D eigenvalue weighted by Crippen LogP contribution is 2.43. The predicted molar refractivity (Wildman–Crippen MR) is 137 cm³/mol. The van der Waals surface area contributed by atoms with Crippen LogP contribution in [0.4, 0.5) is 13.2 Å². The second kappa shape index (κ2) is 10.7. The predicted octanol–water partition coefficient (Wildman–Crippen LogP) is 2.33. The van der Waals surface area contributed by atoms with Crippen molar-refractivity contribution in [2.45, 2.75) is 42.9 Å². The molecular weight excluding hydrogens is 519 g/mol. The molecule has 1 aromatic rings. The number of likely N-dealkylation sites (tertiary alicyclic amines) is 1. The molecule has 1 atom stereocenters. The average molecular weight is 550 g/mol. The van der Waals surface area contributed by atoms with Crippen molar-refractivity contribution in [2.75, 3.05) is 39.9 Å². The highest BCUT2D eigenvalue weighted by atomic mass is 32.2. The number of aromatic nitrogens is 2. The number of nitrogens with zero attached hydrogens (tertiary/aromatic N) is 4. The number of carbonyl (C=O) groups is 1. The maximum atomic E-state index is 13.5. The second-order valence-electron chi connectivity index (χ2n) is 10.00. The number of fused-ring (bicyclic) bond motifs is 1. The SMILES string of the molecule is CN1CCC(C)(NC2=CC=CC3=C(SC(F)(F)F)C(C#CCNC(=O)c4cnn(C5COC5)c4)NN23)CC1. The summed E-state index contributed by atoms with van der Waals surface area (Å²) >= 11 is -0.169. The maximum absolute atomic E-state index is 13.5. The molecule has 0 bridgehead atoms. The van der Waals surface area contributed by atoms with E-state index >= 15 is 0 Å². The highest BCUT2D eigenvalue weighted by Gasteiger charge is 2.41. The van der Waals surface area contributed by atoms with E-state index in [0.717, 1.165) is 25.9 Å². The minimum Gasteiger partial charge on any atom is -0.377 e. The first-order chi connectivity index (χ1) is 18.1. The van der Waals surface area contributed by atoms with E-state index in [4.69, 9.17) is 4.74 Å². The molecule has 0 radical (unpaired) electrons. The molecule has 1 unspecified atom stereocenters. The quantitative estimate of drug-likeness (QED) is 0.467. The van der Waals surface area contributed by atoms with Crippen LogP contribution in [0.1, 0.15) is 36.2 Å². The molecule has 2 fully saturated rings. The summed E-state index contributed by atoms with van der Waals surface area (Å²) < 4.78 is 47.3. The van der Waals surface area contributed by atoms with Gasteiger partial charge in [-0.15, -0.1) is 0 Å². The third-order valence-corrected chi connectivity index (χ3v) is 7.85. The van der Waals surface area contributed by atoms with Gasteiger partial charge in [0.1, 0.15) is 11.9 Å². The van der Waals surface area contributed by atoms with Gasteiger partial charge in [0.25, 0.3) is 5.91 Å². The fourth-order valence-electron chi connectivity index (χ4n) is 4.56. The van der Waals surface area contributed by atoms with Crippen molar-refractivity contribution >= 4 is 17.7 Å². The summed E-state index contributed by atoms with van der Waals surface area (Å²) in [6.45, 7) is 5.11. The Hall–Kier alpha value is -2.92. The number of rotatable bonds is 6. The van der Waals surface area contributed by atoms with Gasteiger partial charge in [-0.05, 0) is 50.7 Å². The summed E-state index contributed by atoms with van der Waals surface area (Å²) in [6, 6.07) is -0.751. The fourth-order valence-corrected chi connectivity index (χ4v) is 5.31. The molecule has 38 heavy (non-hydrogen) atoms. The van der Waals surface area contributed by atoms with Crippen LogP contribution in [0.2, 0.25) is 0 Å². The van der Waals surface area contributed by atoms with Crippen LogP contribution in [0.5, 0.6) is 0 Å². The molecule has 2 saturated heterocycles. The number of ether oxygens (including phenoxy) is 1. The van der Waals surface area contributed by atoms with Gasteiger partial charge in [0.15, 0.2) is 0 Å². The molecule has 0 spiro atoms. The number of thioether (sulfide) groups is 1. The van der Waals surface area contributed by atoms with E-state index in [0.29, 0.717) is 30.3 Å². The Balaban J connectivity index is 1.25. The normalized spacial score (nSPS) is 23.3. The molecule has 4 aliphatic heterocycles. The number of carbonyl (C=O) groups excluding carboxylic acids is 1. The van der Waals surface area contributed by atoms with E-state index in [1.807, 2.05) is 6.08 Å². The van der Waals surface area contributed by atoms with Crippen molar-refractivity contribution in [3.63, 3.8) is 0 Å². The summed E-state index contributed by atoms with van der Waals surface area (Å²) in [5.41, 5.74) is -0.740. The van der Waals surface area contributed by atoms with Gasteiger partial charge in [-0.1, -0.05) is 17.9 Å². The van der Waals surface area contributed by atoms with Crippen LogP contribution in [-0.4, -0.2) is 82.6 Å². The fraction of sp³-hybridized carbons (Fsp3) is 0.520. The molecule has 5 heterocycles. The summed E-state index contributed by atoms with van der Waals surface area (Å²) in [7, 11) is 2.08. The number of hydrogen-bond donors (Lipinski definition) is 3. The zero-order valence-electron chi connectivity index (χ0n) is 21.1. The Morgan fingerprint density at radius 3 is 2.79 bits per heavy atom. The zero-order chi connectivity index (χ0) is 26.9. The van der Waals surface area contributed by atoms with E-state index in [-0.39, 0.29) is 40.7 Å². The van der Waals surface area contributed by atoms with E-state index in [1.54, 1.807) is 28.0 Å². The molecule has 0 aliphatic carbocycles. The van der Waals surface area contributed by atoms with Crippen LogP contribution in [0.25, 0.3) is 0 Å². The van der Waals surface area contributed by atoms with Crippen molar-refractivity contribution in [3.8, 4) is 11.8 Å². The average Bonchev–Trinajstić information content (AvgIpc) is 3.43. The molecule has 9 nitrogen and oxygen atoms in total. The lowest BCUT2D eigenvalue weighted by Crippen LogP contribution is -2.53. The number of piperidine rings is 1. The first-order valence-corrected chi connectivity index (χ1v) is 13.2. The topological polar surface area (TPSA) is 86.7 Å². The molecule has 0 saturated carbocycles. The number of hydrazine groups is 1. The summed E-state index contributed by atoms with van der Waals surface area (Å²) in [6.07, 6.45) is 10.2. The van der Waals surface area contributed by atoms with Crippen LogP contribution in [0, 0.1) is 11.8 Å².